The van der Waals surface area contributed by atoms with E-state index in [0.29, 0.717) is 5.56 Å². The molecule has 0 radical (unpaired) electrons. The van der Waals surface area contributed by atoms with Crippen LogP contribution in [-0.2, 0) is 15.8 Å². The second-order valence-electron chi connectivity index (χ2n) is 3.59. The Morgan fingerprint density at radius 1 is 1.06 bits per heavy atom. The van der Waals surface area contributed by atoms with E-state index in [4.69, 9.17) is 11.6 Å². The van der Waals surface area contributed by atoms with Crippen molar-refractivity contribution in [1.82, 2.24) is 10.2 Å². The van der Waals surface area contributed by atoms with Gasteiger partial charge in [0.25, 0.3) is 0 Å². The van der Waals surface area contributed by atoms with Crippen molar-refractivity contribution in [3.05, 3.63) is 53.2 Å². The van der Waals surface area contributed by atoms with Crippen molar-refractivity contribution >= 4 is 27.4 Å². The van der Waals surface area contributed by atoms with Crippen LogP contribution in [-0.4, -0.2) is 18.6 Å². The summed E-state index contributed by atoms with van der Waals surface area (Å²) < 4.78 is 26.0. The number of aromatic nitrogens is 2. The van der Waals surface area contributed by atoms with Gasteiger partial charge < -0.3 is 0 Å². The molecule has 0 aliphatic carbocycles. The van der Waals surface area contributed by atoms with Gasteiger partial charge in [-0.1, -0.05) is 41.9 Å². The lowest BCUT2D eigenvalue weighted by Crippen LogP contribution is -2.16. The maximum Gasteiger partial charge on any atom is 0.238 e. The third-order valence-corrected chi connectivity index (χ3v) is 3.53. The van der Waals surface area contributed by atoms with Crippen LogP contribution in [0.4, 0.5) is 5.82 Å². The highest BCUT2D eigenvalue weighted by Crippen LogP contribution is 2.11. The molecule has 1 heterocycles. The van der Waals surface area contributed by atoms with Gasteiger partial charge in [0.2, 0.25) is 10.0 Å². The Kier molecular flexibility index (Phi) is 3.78. The van der Waals surface area contributed by atoms with E-state index >= 15 is 0 Å². The second kappa shape index (κ2) is 5.32. The van der Waals surface area contributed by atoms with Gasteiger partial charge in [-0.2, -0.15) is 0 Å². The van der Waals surface area contributed by atoms with Crippen LogP contribution in [0.5, 0.6) is 0 Å². The van der Waals surface area contributed by atoms with Crippen LogP contribution in [0.15, 0.2) is 42.5 Å². The van der Waals surface area contributed by atoms with Crippen LogP contribution >= 0.6 is 11.6 Å². The van der Waals surface area contributed by atoms with Gasteiger partial charge in [-0.15, -0.1) is 10.2 Å². The molecule has 0 amide bonds. The lowest BCUT2D eigenvalue weighted by atomic mass is 10.2. The smallest absolute Gasteiger partial charge is 0.238 e. The van der Waals surface area contributed by atoms with Gasteiger partial charge in [-0.25, -0.2) is 8.42 Å². The van der Waals surface area contributed by atoms with E-state index in [9.17, 15) is 8.42 Å². The Hall–Kier alpha value is -1.66. The summed E-state index contributed by atoms with van der Waals surface area (Å²) in [4.78, 5) is 0. The van der Waals surface area contributed by atoms with E-state index in [1.54, 1.807) is 24.3 Å². The third kappa shape index (κ3) is 3.68. The molecule has 0 unspecified atom stereocenters. The molecular formula is C11H10ClN3O2S. The van der Waals surface area contributed by atoms with Gasteiger partial charge in [-0.3, -0.25) is 4.72 Å². The molecule has 0 aliphatic rings. The molecule has 0 saturated heterocycles. The lowest BCUT2D eigenvalue weighted by Gasteiger charge is -2.06. The number of sulfonamides is 1. The normalized spacial score (nSPS) is 11.2. The first-order valence-corrected chi connectivity index (χ1v) is 7.12. The minimum Gasteiger partial charge on any atom is -0.266 e. The Balaban J connectivity index is 2.10. The minimum absolute atomic E-state index is 0.113. The topological polar surface area (TPSA) is 72.0 Å². The molecule has 5 nitrogen and oxygen atoms in total. The number of hydrogen-bond acceptors (Lipinski definition) is 4. The fraction of sp³-hybridized carbons (Fsp3) is 0.0909. The summed E-state index contributed by atoms with van der Waals surface area (Å²) in [5, 5.41) is 7.40. The number of benzene rings is 1. The molecule has 2 rings (SSSR count). The van der Waals surface area contributed by atoms with Crippen molar-refractivity contribution < 1.29 is 8.42 Å². The molecule has 0 fully saturated rings. The lowest BCUT2D eigenvalue weighted by molar-refractivity contribution is 0.600. The van der Waals surface area contributed by atoms with Gasteiger partial charge in [0.15, 0.2) is 11.0 Å². The van der Waals surface area contributed by atoms with Crippen molar-refractivity contribution in [2.45, 2.75) is 5.75 Å². The number of hydrogen-bond donors (Lipinski definition) is 1. The van der Waals surface area contributed by atoms with Crippen molar-refractivity contribution in [3.8, 4) is 0 Å². The van der Waals surface area contributed by atoms with Crippen molar-refractivity contribution in [3.63, 3.8) is 0 Å². The molecule has 0 aliphatic heterocycles. The highest BCUT2D eigenvalue weighted by molar-refractivity contribution is 7.91. The Bertz CT molecular complexity index is 614. The fourth-order valence-electron chi connectivity index (χ4n) is 1.36. The maximum atomic E-state index is 11.8. The van der Waals surface area contributed by atoms with Crippen molar-refractivity contribution in [2.75, 3.05) is 4.72 Å². The van der Waals surface area contributed by atoms with Gasteiger partial charge >= 0.3 is 0 Å². The summed E-state index contributed by atoms with van der Waals surface area (Å²) in [5.74, 6) is 0.0355. The molecule has 2 aromatic rings. The number of anilines is 1. The van der Waals surface area contributed by atoms with Gasteiger partial charge in [-0.05, 0) is 17.7 Å². The fourth-order valence-corrected chi connectivity index (χ4v) is 2.59. The molecule has 1 aromatic heterocycles. The summed E-state index contributed by atoms with van der Waals surface area (Å²) in [7, 11) is -3.50. The van der Waals surface area contributed by atoms with Crippen LogP contribution in [0, 0.1) is 0 Å². The van der Waals surface area contributed by atoms with Crippen LogP contribution in [0.1, 0.15) is 5.56 Å². The van der Waals surface area contributed by atoms with E-state index in [1.807, 2.05) is 6.07 Å². The molecule has 0 saturated carbocycles. The van der Waals surface area contributed by atoms with Crippen LogP contribution in [0.2, 0.25) is 5.15 Å². The highest BCUT2D eigenvalue weighted by atomic mass is 35.5. The Labute approximate surface area is 110 Å². The van der Waals surface area contributed by atoms with Gasteiger partial charge in [0.05, 0.1) is 5.75 Å². The van der Waals surface area contributed by atoms with E-state index in [-0.39, 0.29) is 16.7 Å². The number of halogens is 1. The zero-order chi connectivity index (χ0) is 13.0. The molecule has 0 bridgehead atoms. The zero-order valence-electron chi connectivity index (χ0n) is 9.25. The number of rotatable bonds is 4. The number of nitrogens with zero attached hydrogens (tertiary/aromatic N) is 2. The Morgan fingerprint density at radius 2 is 1.78 bits per heavy atom. The van der Waals surface area contributed by atoms with Crippen LogP contribution in [0.25, 0.3) is 0 Å². The van der Waals surface area contributed by atoms with Crippen LogP contribution in [0.3, 0.4) is 0 Å². The Morgan fingerprint density at radius 3 is 2.39 bits per heavy atom. The first-order valence-electron chi connectivity index (χ1n) is 5.09. The summed E-state index contributed by atoms with van der Waals surface area (Å²) in [6.07, 6.45) is 0. The summed E-state index contributed by atoms with van der Waals surface area (Å²) in [5.41, 5.74) is 0.701. The van der Waals surface area contributed by atoms with Crippen molar-refractivity contribution in [2.24, 2.45) is 0 Å². The first-order chi connectivity index (χ1) is 8.55. The van der Waals surface area contributed by atoms with Crippen molar-refractivity contribution in [1.29, 1.82) is 0 Å². The number of nitrogens with one attached hydrogen (secondary N) is 1. The third-order valence-electron chi connectivity index (χ3n) is 2.09. The highest BCUT2D eigenvalue weighted by Gasteiger charge is 2.12. The first kappa shape index (κ1) is 12.8. The second-order valence-corrected chi connectivity index (χ2v) is 5.70. The monoisotopic (exact) mass is 283 g/mol. The maximum absolute atomic E-state index is 11.8. The molecule has 94 valence electrons. The summed E-state index contributed by atoms with van der Waals surface area (Å²) >= 11 is 5.56. The molecule has 1 aromatic carbocycles. The average Bonchev–Trinajstić information content (AvgIpc) is 2.32. The van der Waals surface area contributed by atoms with Gasteiger partial charge in [0.1, 0.15) is 0 Å². The SMILES string of the molecule is O=S(=O)(Cc1ccccc1)Nc1ccc(Cl)nn1. The molecule has 7 heteroatoms. The van der Waals surface area contributed by atoms with E-state index in [0.717, 1.165) is 0 Å². The minimum atomic E-state index is -3.50. The predicted molar refractivity (Wildman–Crippen MR) is 69.7 cm³/mol. The molecular weight excluding hydrogens is 274 g/mol. The van der Waals surface area contributed by atoms with E-state index < -0.39 is 10.0 Å². The predicted octanol–water partition coefficient (Wildman–Crippen LogP) is 2.07. The molecule has 1 N–H and O–H groups in total. The molecule has 18 heavy (non-hydrogen) atoms. The standard InChI is InChI=1S/C11H10ClN3O2S/c12-10-6-7-11(14-13-10)15-18(16,17)8-9-4-2-1-3-5-9/h1-7H,8H2,(H,14,15). The quantitative estimate of drug-likeness (QED) is 0.932. The zero-order valence-corrected chi connectivity index (χ0v) is 10.8. The molecule has 0 atom stereocenters. The van der Waals surface area contributed by atoms with E-state index in [2.05, 4.69) is 14.9 Å². The largest absolute Gasteiger partial charge is 0.266 e. The van der Waals surface area contributed by atoms with Crippen LogP contribution < -0.4 is 4.72 Å². The van der Waals surface area contributed by atoms with E-state index in [1.165, 1.54) is 12.1 Å². The summed E-state index contributed by atoms with van der Waals surface area (Å²) in [6.45, 7) is 0. The molecule has 0 spiro atoms. The summed E-state index contributed by atoms with van der Waals surface area (Å²) in [6, 6.07) is 11.8. The van der Waals surface area contributed by atoms with Gasteiger partial charge in [0, 0.05) is 0 Å². The average molecular weight is 284 g/mol.